The van der Waals surface area contributed by atoms with E-state index in [0.717, 1.165) is 27.1 Å². The number of hydrogen-bond acceptors (Lipinski definition) is 3. The first kappa shape index (κ1) is 15.1. The molecule has 0 aliphatic heterocycles. The van der Waals surface area contributed by atoms with Crippen LogP contribution in [0.4, 0.5) is 0 Å². The lowest BCUT2D eigenvalue weighted by molar-refractivity contribution is 0.384. The van der Waals surface area contributed by atoms with Gasteiger partial charge in [0.1, 0.15) is 16.0 Å². The van der Waals surface area contributed by atoms with E-state index in [2.05, 4.69) is 35.8 Å². The summed E-state index contributed by atoms with van der Waals surface area (Å²) in [5, 5.41) is 0. The molecule has 1 aromatic carbocycles. The predicted octanol–water partition coefficient (Wildman–Crippen LogP) is 3.56. The van der Waals surface area contributed by atoms with E-state index in [1.54, 1.807) is 14.2 Å². The number of methoxy groups -OCH3 is 2. The zero-order valence-electron chi connectivity index (χ0n) is 11.3. The number of benzene rings is 1. The van der Waals surface area contributed by atoms with E-state index < -0.39 is 0 Å². The molecule has 0 aliphatic carbocycles. The van der Waals surface area contributed by atoms with Gasteiger partial charge >= 0.3 is 0 Å². The van der Waals surface area contributed by atoms with Crippen molar-refractivity contribution >= 4 is 22.0 Å². The molecule has 0 spiro atoms. The van der Waals surface area contributed by atoms with Crippen LogP contribution in [0.3, 0.4) is 0 Å². The maximum atomic E-state index is 5.50. The highest BCUT2D eigenvalue weighted by molar-refractivity contribution is 9.10. The molecule has 3 nitrogen and oxygen atoms in total. The third-order valence-electron chi connectivity index (χ3n) is 2.70. The van der Waals surface area contributed by atoms with E-state index in [4.69, 9.17) is 15.2 Å². The van der Waals surface area contributed by atoms with Crippen molar-refractivity contribution < 1.29 is 9.47 Å². The van der Waals surface area contributed by atoms with Crippen LogP contribution in [0.2, 0.25) is 0 Å². The van der Waals surface area contributed by atoms with Crippen molar-refractivity contribution in [2.45, 2.75) is 19.8 Å². The minimum Gasteiger partial charge on any atom is -0.495 e. The topological polar surface area (TPSA) is 44.5 Å². The standard InChI is InChI=1S/C14H20BrNO2/c1-9(2)11-8-10(6-5-7-16)13(17-3)12(15)14(11)18-4/h5-6,8-9H,7,16H2,1-4H3/b6-5+. The van der Waals surface area contributed by atoms with Gasteiger partial charge in [-0.3, -0.25) is 0 Å². The Labute approximate surface area is 117 Å². The van der Waals surface area contributed by atoms with Crippen molar-refractivity contribution in [1.82, 2.24) is 0 Å². The summed E-state index contributed by atoms with van der Waals surface area (Å²) in [7, 11) is 3.31. The molecule has 18 heavy (non-hydrogen) atoms. The van der Waals surface area contributed by atoms with Crippen molar-refractivity contribution in [2.75, 3.05) is 20.8 Å². The summed E-state index contributed by atoms with van der Waals surface area (Å²) >= 11 is 3.55. The third-order valence-corrected chi connectivity index (χ3v) is 3.42. The van der Waals surface area contributed by atoms with E-state index in [9.17, 15) is 0 Å². The average Bonchev–Trinajstić information content (AvgIpc) is 2.35. The maximum Gasteiger partial charge on any atom is 0.144 e. The first-order valence-electron chi connectivity index (χ1n) is 5.87. The molecular weight excluding hydrogens is 294 g/mol. The highest BCUT2D eigenvalue weighted by Gasteiger charge is 2.18. The Morgan fingerprint density at radius 2 is 1.89 bits per heavy atom. The quantitative estimate of drug-likeness (QED) is 0.904. The Balaban J connectivity index is 3.47. The second kappa shape index (κ2) is 6.81. The fourth-order valence-corrected chi connectivity index (χ4v) is 2.60. The number of rotatable bonds is 5. The second-order valence-corrected chi connectivity index (χ2v) is 5.02. The molecule has 0 saturated heterocycles. The first-order chi connectivity index (χ1) is 8.56. The molecule has 0 aromatic heterocycles. The lowest BCUT2D eigenvalue weighted by atomic mass is 9.98. The van der Waals surface area contributed by atoms with E-state index in [1.165, 1.54) is 0 Å². The van der Waals surface area contributed by atoms with Crippen molar-refractivity contribution in [3.63, 3.8) is 0 Å². The molecule has 0 atom stereocenters. The van der Waals surface area contributed by atoms with Crippen LogP contribution in [0.1, 0.15) is 30.9 Å². The summed E-state index contributed by atoms with van der Waals surface area (Å²) < 4.78 is 11.7. The molecule has 0 bridgehead atoms. The summed E-state index contributed by atoms with van der Waals surface area (Å²) in [6.45, 7) is 4.77. The molecule has 0 heterocycles. The van der Waals surface area contributed by atoms with E-state index in [-0.39, 0.29) is 0 Å². The molecule has 1 aromatic rings. The number of nitrogens with two attached hydrogens (primary N) is 1. The largest absolute Gasteiger partial charge is 0.495 e. The molecule has 0 unspecified atom stereocenters. The molecular formula is C14H20BrNO2. The third kappa shape index (κ3) is 3.06. The van der Waals surface area contributed by atoms with Crippen LogP contribution in [0.15, 0.2) is 16.6 Å². The van der Waals surface area contributed by atoms with Crippen LogP contribution in [0, 0.1) is 0 Å². The number of hydrogen-bond donors (Lipinski definition) is 1. The van der Waals surface area contributed by atoms with Gasteiger partial charge in [0.25, 0.3) is 0 Å². The molecule has 2 N–H and O–H groups in total. The monoisotopic (exact) mass is 313 g/mol. The van der Waals surface area contributed by atoms with Gasteiger partial charge in [0.15, 0.2) is 0 Å². The molecule has 1 rings (SSSR count). The zero-order chi connectivity index (χ0) is 13.7. The lowest BCUT2D eigenvalue weighted by Gasteiger charge is -2.18. The van der Waals surface area contributed by atoms with Crippen LogP contribution in [-0.2, 0) is 0 Å². The molecule has 0 saturated carbocycles. The minimum absolute atomic E-state index is 0.368. The van der Waals surface area contributed by atoms with Crippen molar-refractivity contribution in [2.24, 2.45) is 5.73 Å². The Morgan fingerprint density at radius 1 is 1.28 bits per heavy atom. The summed E-state index contributed by atoms with van der Waals surface area (Å²) in [4.78, 5) is 0. The Hall–Kier alpha value is -1.00. The Kier molecular flexibility index (Phi) is 5.69. The van der Waals surface area contributed by atoms with Gasteiger partial charge in [-0.2, -0.15) is 0 Å². The SMILES string of the molecule is COc1c(/C=C/CN)cc(C(C)C)c(OC)c1Br. The summed E-state index contributed by atoms with van der Waals surface area (Å²) in [5.41, 5.74) is 7.64. The fraction of sp³-hybridized carbons (Fsp3) is 0.429. The smallest absolute Gasteiger partial charge is 0.144 e. The summed E-state index contributed by atoms with van der Waals surface area (Å²) in [6.07, 6.45) is 3.87. The molecule has 0 aliphatic rings. The second-order valence-electron chi connectivity index (χ2n) is 4.23. The first-order valence-corrected chi connectivity index (χ1v) is 6.67. The van der Waals surface area contributed by atoms with E-state index in [0.29, 0.717) is 12.5 Å². The van der Waals surface area contributed by atoms with Gasteiger partial charge in [-0.1, -0.05) is 26.0 Å². The number of halogens is 1. The van der Waals surface area contributed by atoms with Crippen LogP contribution < -0.4 is 15.2 Å². The van der Waals surface area contributed by atoms with Gasteiger partial charge in [-0.05, 0) is 33.5 Å². The molecule has 100 valence electrons. The van der Waals surface area contributed by atoms with Gasteiger partial charge < -0.3 is 15.2 Å². The predicted molar refractivity (Wildman–Crippen MR) is 79.4 cm³/mol. The van der Waals surface area contributed by atoms with Crippen molar-refractivity contribution in [3.05, 3.63) is 27.7 Å². The van der Waals surface area contributed by atoms with Crippen molar-refractivity contribution in [1.29, 1.82) is 0 Å². The highest BCUT2D eigenvalue weighted by atomic mass is 79.9. The molecule has 4 heteroatoms. The zero-order valence-corrected chi connectivity index (χ0v) is 12.9. The maximum absolute atomic E-state index is 5.50. The highest BCUT2D eigenvalue weighted by Crippen LogP contribution is 2.43. The van der Waals surface area contributed by atoms with Crippen molar-refractivity contribution in [3.8, 4) is 11.5 Å². The number of ether oxygens (including phenoxy) is 2. The Bertz CT molecular complexity index is 442. The minimum atomic E-state index is 0.368. The van der Waals surface area contributed by atoms with Gasteiger partial charge in [0.05, 0.1) is 14.2 Å². The fourth-order valence-electron chi connectivity index (χ4n) is 1.82. The van der Waals surface area contributed by atoms with Crippen LogP contribution in [0.25, 0.3) is 6.08 Å². The van der Waals surface area contributed by atoms with Crippen LogP contribution in [0.5, 0.6) is 11.5 Å². The molecule has 0 radical (unpaired) electrons. The summed E-state index contributed by atoms with van der Waals surface area (Å²) in [5.74, 6) is 1.96. The normalized spacial score (nSPS) is 11.3. The van der Waals surface area contributed by atoms with Gasteiger partial charge in [-0.25, -0.2) is 0 Å². The van der Waals surface area contributed by atoms with Gasteiger partial charge in [0.2, 0.25) is 0 Å². The van der Waals surface area contributed by atoms with Crippen LogP contribution >= 0.6 is 15.9 Å². The average molecular weight is 314 g/mol. The lowest BCUT2D eigenvalue weighted by Crippen LogP contribution is -2.00. The van der Waals surface area contributed by atoms with Gasteiger partial charge in [-0.15, -0.1) is 0 Å². The summed E-state index contributed by atoms with van der Waals surface area (Å²) in [6, 6.07) is 2.08. The van der Waals surface area contributed by atoms with Crippen LogP contribution in [-0.4, -0.2) is 20.8 Å². The Morgan fingerprint density at radius 3 is 2.33 bits per heavy atom. The molecule has 0 fully saturated rings. The van der Waals surface area contributed by atoms with Gasteiger partial charge in [0, 0.05) is 12.1 Å². The van der Waals surface area contributed by atoms with E-state index in [1.807, 2.05) is 12.2 Å². The molecule has 0 amide bonds. The van der Waals surface area contributed by atoms with E-state index >= 15 is 0 Å².